The summed E-state index contributed by atoms with van der Waals surface area (Å²) in [7, 11) is 0. The van der Waals surface area contributed by atoms with E-state index in [1.165, 1.54) is 0 Å². The first-order valence-corrected chi connectivity index (χ1v) is 4.53. The Labute approximate surface area is 82.2 Å². The van der Waals surface area contributed by atoms with E-state index >= 15 is 0 Å². The Bertz CT molecular complexity index is 297. The largest absolute Gasteiger partial charge is 0.506 e. The summed E-state index contributed by atoms with van der Waals surface area (Å²) in [6.07, 6.45) is 3.11. The van der Waals surface area contributed by atoms with Gasteiger partial charge in [-0.15, -0.1) is 0 Å². The van der Waals surface area contributed by atoms with Crippen molar-refractivity contribution in [3.63, 3.8) is 0 Å². The maximum Gasteiger partial charge on any atom is 0.134 e. The molecule has 1 rings (SSSR count). The highest BCUT2D eigenvalue weighted by Gasteiger charge is 1.99. The molecule has 2 nitrogen and oxygen atoms in total. The Kier molecular flexibility index (Phi) is 3.77. The second-order valence-electron chi connectivity index (χ2n) is 2.84. The van der Waals surface area contributed by atoms with Gasteiger partial charge in [-0.2, -0.15) is 0 Å². The number of phenolic OH excluding ortho intramolecular Hbond substituents is 1. The summed E-state index contributed by atoms with van der Waals surface area (Å²) in [4.78, 5) is 10.1. The van der Waals surface area contributed by atoms with Crippen LogP contribution in [0.2, 0.25) is 5.02 Å². The van der Waals surface area contributed by atoms with E-state index in [1.807, 2.05) is 6.07 Å². The number of hydrogen-bond donors (Lipinski definition) is 1. The number of aryl methyl sites for hydroxylation is 1. The summed E-state index contributed by atoms with van der Waals surface area (Å²) >= 11 is 5.71. The molecule has 0 unspecified atom stereocenters. The third-order valence-electron chi connectivity index (χ3n) is 1.80. The number of halogens is 1. The van der Waals surface area contributed by atoms with Crippen molar-refractivity contribution < 1.29 is 9.90 Å². The van der Waals surface area contributed by atoms with Crippen molar-refractivity contribution in [1.82, 2.24) is 0 Å². The van der Waals surface area contributed by atoms with Gasteiger partial charge in [-0.25, -0.2) is 0 Å². The smallest absolute Gasteiger partial charge is 0.134 e. The second kappa shape index (κ2) is 4.87. The lowest BCUT2D eigenvalue weighted by Crippen LogP contribution is -1.86. The Balaban J connectivity index is 2.57. The molecule has 0 heterocycles. The van der Waals surface area contributed by atoms with Gasteiger partial charge in [0.1, 0.15) is 12.0 Å². The van der Waals surface area contributed by atoms with Crippen LogP contribution >= 0.6 is 11.6 Å². The minimum Gasteiger partial charge on any atom is -0.506 e. The molecule has 0 spiro atoms. The van der Waals surface area contributed by atoms with Crippen molar-refractivity contribution in [2.75, 3.05) is 0 Å². The molecule has 0 radical (unpaired) electrons. The fourth-order valence-corrected chi connectivity index (χ4v) is 1.30. The molecule has 0 aliphatic heterocycles. The molecule has 0 aromatic heterocycles. The first-order valence-electron chi connectivity index (χ1n) is 4.15. The Morgan fingerprint density at radius 3 is 2.85 bits per heavy atom. The summed E-state index contributed by atoms with van der Waals surface area (Å²) in [5.74, 6) is 0.0980. The normalized spacial score (nSPS) is 9.92. The average Bonchev–Trinajstić information content (AvgIpc) is 2.12. The van der Waals surface area contributed by atoms with Crippen molar-refractivity contribution >= 4 is 17.9 Å². The van der Waals surface area contributed by atoms with Crippen LogP contribution in [0.25, 0.3) is 0 Å². The number of hydrogen-bond acceptors (Lipinski definition) is 2. The molecule has 0 aliphatic rings. The van der Waals surface area contributed by atoms with E-state index in [9.17, 15) is 4.79 Å². The summed E-state index contributed by atoms with van der Waals surface area (Å²) in [5.41, 5.74) is 1.05. The lowest BCUT2D eigenvalue weighted by molar-refractivity contribution is -0.107. The van der Waals surface area contributed by atoms with Crippen LogP contribution < -0.4 is 0 Å². The summed E-state index contributed by atoms with van der Waals surface area (Å²) in [6, 6.07) is 5.10. The van der Waals surface area contributed by atoms with Crippen LogP contribution in [-0.2, 0) is 11.2 Å². The highest BCUT2D eigenvalue weighted by molar-refractivity contribution is 6.32. The molecule has 0 aliphatic carbocycles. The van der Waals surface area contributed by atoms with Gasteiger partial charge in [0.2, 0.25) is 0 Å². The molecule has 3 heteroatoms. The highest BCUT2D eigenvalue weighted by Crippen LogP contribution is 2.24. The monoisotopic (exact) mass is 198 g/mol. The zero-order valence-corrected chi connectivity index (χ0v) is 7.92. The van der Waals surface area contributed by atoms with E-state index in [4.69, 9.17) is 16.7 Å². The first kappa shape index (κ1) is 10.1. The standard InChI is InChI=1S/C10H11ClO2/c11-9-7-8(3-1-2-6-12)4-5-10(9)13/h4-7,13H,1-3H2. The number of aromatic hydroxyl groups is 1. The van der Waals surface area contributed by atoms with Crippen molar-refractivity contribution in [2.45, 2.75) is 19.3 Å². The predicted octanol–water partition coefficient (Wildman–Crippen LogP) is 2.57. The van der Waals surface area contributed by atoms with E-state index in [-0.39, 0.29) is 5.75 Å². The molecule has 0 amide bonds. The predicted molar refractivity (Wildman–Crippen MR) is 52.1 cm³/mol. The van der Waals surface area contributed by atoms with Crippen molar-refractivity contribution in [2.24, 2.45) is 0 Å². The number of carbonyl (C=O) groups excluding carboxylic acids is 1. The van der Waals surface area contributed by atoms with Gasteiger partial charge >= 0.3 is 0 Å². The van der Waals surface area contributed by atoms with Crippen LogP contribution in [0.1, 0.15) is 18.4 Å². The van der Waals surface area contributed by atoms with Crippen molar-refractivity contribution in [3.05, 3.63) is 28.8 Å². The molecule has 1 aromatic carbocycles. The Morgan fingerprint density at radius 1 is 1.46 bits per heavy atom. The van der Waals surface area contributed by atoms with Gasteiger partial charge in [-0.3, -0.25) is 0 Å². The maximum absolute atomic E-state index is 10.1. The fourth-order valence-electron chi connectivity index (χ4n) is 1.10. The number of rotatable bonds is 4. The number of aldehydes is 1. The molecule has 1 aromatic rings. The van der Waals surface area contributed by atoms with Crippen LogP contribution in [0, 0.1) is 0 Å². The van der Waals surface area contributed by atoms with Gasteiger partial charge in [-0.1, -0.05) is 17.7 Å². The molecule has 0 bridgehead atoms. The molecule has 0 fully saturated rings. The minimum absolute atomic E-state index is 0.0980. The van der Waals surface area contributed by atoms with Gasteiger partial charge < -0.3 is 9.90 Å². The number of unbranched alkanes of at least 4 members (excludes halogenated alkanes) is 1. The molecular formula is C10H11ClO2. The molecule has 0 atom stereocenters. The lowest BCUT2D eigenvalue weighted by atomic mass is 10.1. The zero-order valence-electron chi connectivity index (χ0n) is 7.16. The lowest BCUT2D eigenvalue weighted by Gasteiger charge is -2.01. The van der Waals surface area contributed by atoms with Crippen LogP contribution in [0.5, 0.6) is 5.75 Å². The summed E-state index contributed by atoms with van der Waals surface area (Å²) < 4.78 is 0. The van der Waals surface area contributed by atoms with Crippen LogP contribution in [0.3, 0.4) is 0 Å². The Hall–Kier alpha value is -1.02. The van der Waals surface area contributed by atoms with E-state index in [0.29, 0.717) is 11.4 Å². The van der Waals surface area contributed by atoms with Crippen LogP contribution in [-0.4, -0.2) is 11.4 Å². The van der Waals surface area contributed by atoms with E-state index in [0.717, 1.165) is 24.7 Å². The molecule has 0 saturated heterocycles. The SMILES string of the molecule is O=CCCCc1ccc(O)c(Cl)c1. The van der Waals surface area contributed by atoms with Gasteiger partial charge in [0, 0.05) is 6.42 Å². The molecule has 0 saturated carbocycles. The fraction of sp³-hybridized carbons (Fsp3) is 0.300. The van der Waals surface area contributed by atoms with Crippen LogP contribution in [0.15, 0.2) is 18.2 Å². The number of carbonyl (C=O) groups is 1. The third-order valence-corrected chi connectivity index (χ3v) is 2.10. The van der Waals surface area contributed by atoms with Gasteiger partial charge in [0.05, 0.1) is 5.02 Å². The highest BCUT2D eigenvalue weighted by atomic mass is 35.5. The summed E-state index contributed by atoms with van der Waals surface area (Å²) in [5, 5.41) is 9.49. The van der Waals surface area contributed by atoms with Gasteiger partial charge in [0.15, 0.2) is 0 Å². The van der Waals surface area contributed by atoms with E-state index < -0.39 is 0 Å². The van der Waals surface area contributed by atoms with Crippen molar-refractivity contribution in [1.29, 1.82) is 0 Å². The van der Waals surface area contributed by atoms with Gasteiger partial charge in [-0.05, 0) is 30.5 Å². The third kappa shape index (κ3) is 3.07. The van der Waals surface area contributed by atoms with E-state index in [2.05, 4.69) is 0 Å². The number of phenols is 1. The minimum atomic E-state index is 0.0980. The van der Waals surface area contributed by atoms with Gasteiger partial charge in [0.25, 0.3) is 0 Å². The zero-order chi connectivity index (χ0) is 9.68. The maximum atomic E-state index is 10.1. The topological polar surface area (TPSA) is 37.3 Å². The second-order valence-corrected chi connectivity index (χ2v) is 3.25. The Morgan fingerprint density at radius 2 is 2.23 bits per heavy atom. The molecular weight excluding hydrogens is 188 g/mol. The molecule has 13 heavy (non-hydrogen) atoms. The average molecular weight is 199 g/mol. The first-order chi connectivity index (χ1) is 6.24. The summed E-state index contributed by atoms with van der Waals surface area (Å²) in [6.45, 7) is 0. The molecule has 70 valence electrons. The quantitative estimate of drug-likeness (QED) is 0.597. The van der Waals surface area contributed by atoms with Crippen molar-refractivity contribution in [3.8, 4) is 5.75 Å². The van der Waals surface area contributed by atoms with Crippen LogP contribution in [0.4, 0.5) is 0 Å². The molecule has 1 N–H and O–H groups in total. The number of benzene rings is 1. The van der Waals surface area contributed by atoms with E-state index in [1.54, 1.807) is 12.1 Å².